The Kier molecular flexibility index (Phi) is 13.0. The van der Waals surface area contributed by atoms with Gasteiger partial charge >= 0.3 is 0 Å². The van der Waals surface area contributed by atoms with E-state index in [0.29, 0.717) is 6.42 Å². The van der Waals surface area contributed by atoms with Crippen LogP contribution in [0.3, 0.4) is 0 Å². The lowest BCUT2D eigenvalue weighted by atomic mass is 10.1. The summed E-state index contributed by atoms with van der Waals surface area (Å²) < 4.78 is 0. The predicted octanol–water partition coefficient (Wildman–Crippen LogP) is 5.55. The first-order chi connectivity index (χ1) is 12.3. The van der Waals surface area contributed by atoms with Crippen molar-refractivity contribution in [1.82, 2.24) is 5.32 Å². The molecule has 1 N–H and O–H groups in total. The zero-order valence-corrected chi connectivity index (χ0v) is 16.4. The molecule has 1 rings (SSSR count). The maximum Gasteiger partial charge on any atom is 0.227 e. The zero-order valence-electron chi connectivity index (χ0n) is 16.4. The summed E-state index contributed by atoms with van der Waals surface area (Å²) in [5, 5.41) is 3.40. The van der Waals surface area contributed by atoms with Crippen LogP contribution < -0.4 is 10.2 Å². The van der Waals surface area contributed by atoms with Gasteiger partial charge in [-0.3, -0.25) is 4.79 Å². The minimum Gasteiger partial charge on any atom is -0.316 e. The van der Waals surface area contributed by atoms with E-state index in [1.165, 1.54) is 64.2 Å². The van der Waals surface area contributed by atoms with Crippen LogP contribution in [0.5, 0.6) is 0 Å². The number of anilines is 1. The molecule has 3 nitrogen and oxygen atoms in total. The van der Waals surface area contributed by atoms with Gasteiger partial charge in [-0.05, 0) is 25.1 Å². The molecule has 0 radical (unpaired) electrons. The highest BCUT2D eigenvalue weighted by Crippen LogP contribution is 2.12. The van der Waals surface area contributed by atoms with Gasteiger partial charge < -0.3 is 10.2 Å². The number of rotatable bonds is 15. The minimum absolute atomic E-state index is 0.168. The Morgan fingerprint density at radius 2 is 1.40 bits per heavy atom. The van der Waals surface area contributed by atoms with E-state index in [0.717, 1.165) is 18.8 Å². The van der Waals surface area contributed by atoms with Gasteiger partial charge in [0.1, 0.15) is 0 Å². The average Bonchev–Trinajstić information content (AvgIpc) is 2.65. The fraction of sp³-hybridized carbons (Fsp3) is 0.682. The van der Waals surface area contributed by atoms with Crippen LogP contribution in [0.1, 0.15) is 77.6 Å². The van der Waals surface area contributed by atoms with Crippen molar-refractivity contribution in [3.05, 3.63) is 30.3 Å². The Morgan fingerprint density at radius 1 is 0.840 bits per heavy atom. The fourth-order valence-corrected chi connectivity index (χ4v) is 3.02. The summed E-state index contributed by atoms with van der Waals surface area (Å²) in [4.78, 5) is 13.9. The summed E-state index contributed by atoms with van der Waals surface area (Å²) in [7, 11) is 1.85. The Labute approximate surface area is 155 Å². The van der Waals surface area contributed by atoms with Gasteiger partial charge in [0.25, 0.3) is 0 Å². The van der Waals surface area contributed by atoms with E-state index in [1.807, 2.05) is 37.4 Å². The SMILES string of the molecule is CCCCCCCCCCCCNCCC(=O)N(C)c1ccccc1. The Hall–Kier alpha value is -1.35. The highest BCUT2D eigenvalue weighted by atomic mass is 16.2. The number of nitrogens with zero attached hydrogens (tertiary/aromatic N) is 1. The monoisotopic (exact) mass is 346 g/mol. The first-order valence-electron chi connectivity index (χ1n) is 10.3. The van der Waals surface area contributed by atoms with E-state index in [2.05, 4.69) is 12.2 Å². The van der Waals surface area contributed by atoms with Crippen molar-refractivity contribution in [2.24, 2.45) is 0 Å². The summed E-state index contributed by atoms with van der Waals surface area (Å²) in [6, 6.07) is 9.82. The normalized spacial score (nSPS) is 10.8. The molecule has 0 bridgehead atoms. The van der Waals surface area contributed by atoms with E-state index >= 15 is 0 Å². The molecule has 0 aliphatic carbocycles. The van der Waals surface area contributed by atoms with Crippen LogP contribution in [0, 0.1) is 0 Å². The van der Waals surface area contributed by atoms with Crippen LogP contribution in [0.25, 0.3) is 0 Å². The van der Waals surface area contributed by atoms with Gasteiger partial charge in [0.05, 0.1) is 0 Å². The van der Waals surface area contributed by atoms with Crippen LogP contribution in [0.15, 0.2) is 30.3 Å². The zero-order chi connectivity index (χ0) is 18.2. The molecule has 25 heavy (non-hydrogen) atoms. The van der Waals surface area contributed by atoms with Crippen molar-refractivity contribution < 1.29 is 4.79 Å². The minimum atomic E-state index is 0.168. The van der Waals surface area contributed by atoms with Crippen molar-refractivity contribution in [3.8, 4) is 0 Å². The largest absolute Gasteiger partial charge is 0.316 e. The van der Waals surface area contributed by atoms with Crippen LogP contribution in [-0.4, -0.2) is 26.0 Å². The molecular weight excluding hydrogens is 308 g/mol. The molecule has 1 aromatic rings. The smallest absolute Gasteiger partial charge is 0.227 e. The van der Waals surface area contributed by atoms with Gasteiger partial charge in [-0.15, -0.1) is 0 Å². The topological polar surface area (TPSA) is 32.3 Å². The molecule has 0 aliphatic rings. The second-order valence-electron chi connectivity index (χ2n) is 6.97. The number of carbonyl (C=O) groups is 1. The molecule has 1 amide bonds. The maximum absolute atomic E-state index is 12.1. The van der Waals surface area contributed by atoms with Gasteiger partial charge in [-0.1, -0.05) is 82.9 Å². The number of benzene rings is 1. The van der Waals surface area contributed by atoms with E-state index in [4.69, 9.17) is 0 Å². The molecule has 3 heteroatoms. The van der Waals surface area contributed by atoms with Crippen LogP contribution in [0.2, 0.25) is 0 Å². The number of hydrogen-bond acceptors (Lipinski definition) is 2. The van der Waals surface area contributed by atoms with Gasteiger partial charge in [0.15, 0.2) is 0 Å². The third-order valence-electron chi connectivity index (χ3n) is 4.74. The van der Waals surface area contributed by atoms with Crippen molar-refractivity contribution in [2.75, 3.05) is 25.0 Å². The van der Waals surface area contributed by atoms with E-state index in [-0.39, 0.29) is 5.91 Å². The van der Waals surface area contributed by atoms with Crippen LogP contribution >= 0.6 is 0 Å². The second kappa shape index (κ2) is 14.9. The number of para-hydroxylation sites is 1. The fourth-order valence-electron chi connectivity index (χ4n) is 3.02. The standard InChI is InChI=1S/C22H38N2O/c1-3-4-5-6-7-8-9-10-11-15-19-23-20-18-22(25)24(2)21-16-13-12-14-17-21/h12-14,16-17,23H,3-11,15,18-20H2,1-2H3. The lowest BCUT2D eigenvalue weighted by Crippen LogP contribution is -2.30. The summed E-state index contributed by atoms with van der Waals surface area (Å²) in [5.74, 6) is 0.168. The molecular formula is C22H38N2O. The first-order valence-corrected chi connectivity index (χ1v) is 10.3. The van der Waals surface area contributed by atoms with Crippen molar-refractivity contribution in [3.63, 3.8) is 0 Å². The predicted molar refractivity (Wildman–Crippen MR) is 109 cm³/mol. The Morgan fingerprint density at radius 3 is 2.00 bits per heavy atom. The number of unbranched alkanes of at least 4 members (excludes halogenated alkanes) is 9. The summed E-state index contributed by atoms with van der Waals surface area (Å²) in [5.41, 5.74) is 0.960. The number of nitrogens with one attached hydrogen (secondary N) is 1. The van der Waals surface area contributed by atoms with Crippen LogP contribution in [0.4, 0.5) is 5.69 Å². The van der Waals surface area contributed by atoms with E-state index in [9.17, 15) is 4.79 Å². The summed E-state index contributed by atoms with van der Waals surface area (Å²) in [6.07, 6.45) is 14.2. The number of carbonyl (C=O) groups excluding carboxylic acids is 1. The second-order valence-corrected chi connectivity index (χ2v) is 6.97. The third kappa shape index (κ3) is 11.0. The van der Waals surface area contributed by atoms with Gasteiger partial charge in [-0.25, -0.2) is 0 Å². The van der Waals surface area contributed by atoms with E-state index < -0.39 is 0 Å². The number of hydrogen-bond donors (Lipinski definition) is 1. The molecule has 0 heterocycles. The highest BCUT2D eigenvalue weighted by molar-refractivity contribution is 5.92. The van der Waals surface area contributed by atoms with Gasteiger partial charge in [-0.2, -0.15) is 0 Å². The molecule has 0 atom stereocenters. The Balaban J connectivity index is 1.89. The third-order valence-corrected chi connectivity index (χ3v) is 4.74. The molecule has 0 saturated carbocycles. The van der Waals surface area contributed by atoms with E-state index in [1.54, 1.807) is 4.90 Å². The van der Waals surface area contributed by atoms with Gasteiger partial charge in [0.2, 0.25) is 5.91 Å². The van der Waals surface area contributed by atoms with Crippen LogP contribution in [-0.2, 0) is 4.79 Å². The first kappa shape index (κ1) is 21.7. The molecule has 0 aromatic heterocycles. The molecule has 0 aliphatic heterocycles. The highest BCUT2D eigenvalue weighted by Gasteiger charge is 2.09. The van der Waals surface area contributed by atoms with Crippen molar-refractivity contribution in [2.45, 2.75) is 77.6 Å². The number of amides is 1. The van der Waals surface area contributed by atoms with Gasteiger partial charge in [0, 0.05) is 25.7 Å². The Bertz CT molecular complexity index is 433. The lowest BCUT2D eigenvalue weighted by molar-refractivity contribution is -0.118. The molecule has 1 aromatic carbocycles. The van der Waals surface area contributed by atoms with Crippen molar-refractivity contribution in [1.29, 1.82) is 0 Å². The molecule has 0 unspecified atom stereocenters. The molecule has 0 saturated heterocycles. The summed E-state index contributed by atoms with van der Waals surface area (Å²) >= 11 is 0. The lowest BCUT2D eigenvalue weighted by Gasteiger charge is -2.17. The van der Waals surface area contributed by atoms with Crippen molar-refractivity contribution >= 4 is 11.6 Å². The summed E-state index contributed by atoms with van der Waals surface area (Å²) in [6.45, 7) is 4.07. The quantitative estimate of drug-likeness (QED) is 0.422. The molecule has 0 spiro atoms. The molecule has 142 valence electrons. The maximum atomic E-state index is 12.1. The average molecular weight is 347 g/mol. The molecule has 0 fully saturated rings.